The summed E-state index contributed by atoms with van der Waals surface area (Å²) in [5, 5.41) is 2.50. The van der Waals surface area contributed by atoms with E-state index in [9.17, 15) is 0 Å². The number of hydrogen-bond acceptors (Lipinski definition) is 2. The third kappa shape index (κ3) is 5.72. The highest BCUT2D eigenvalue weighted by Crippen LogP contribution is 2.36. The Morgan fingerprint density at radius 2 is 1.33 bits per heavy atom. The van der Waals surface area contributed by atoms with Crippen LogP contribution >= 0.6 is 23.2 Å². The van der Waals surface area contributed by atoms with Crippen molar-refractivity contribution in [1.29, 1.82) is 0 Å². The Kier molecular flexibility index (Phi) is 8.18. The summed E-state index contributed by atoms with van der Waals surface area (Å²) < 4.78 is 12.0. The molecular weight excluding hydrogens is 395 g/mol. The predicted molar refractivity (Wildman–Crippen MR) is 118 cm³/mol. The smallest absolute Gasteiger partial charge is 0.261 e. The zero-order valence-electron chi connectivity index (χ0n) is 16.0. The molecule has 0 saturated heterocycles. The molecule has 0 unspecified atom stereocenters. The quantitative estimate of drug-likeness (QED) is 0.246. The van der Waals surface area contributed by atoms with Gasteiger partial charge in [-0.1, -0.05) is 111 Å². The summed E-state index contributed by atoms with van der Waals surface area (Å²) in [5.74, 6) is 0. The van der Waals surface area contributed by atoms with E-state index in [1.165, 1.54) is 16.6 Å². The van der Waals surface area contributed by atoms with Gasteiger partial charge in [0.05, 0.1) is 6.61 Å². The first-order valence-corrected chi connectivity index (χ1v) is 11.6. The highest BCUT2D eigenvalue weighted by atomic mass is 35.5. The topological polar surface area (TPSA) is 18.5 Å². The lowest BCUT2D eigenvalue weighted by Crippen LogP contribution is -2.66. The Hall–Kier alpha value is -1.52. The van der Waals surface area contributed by atoms with Crippen LogP contribution in [-0.4, -0.2) is 21.5 Å². The molecule has 2 aromatic carbocycles. The van der Waals surface area contributed by atoms with Crippen molar-refractivity contribution >= 4 is 41.9 Å². The largest absolute Gasteiger partial charge is 0.495 e. The second-order valence-corrected chi connectivity index (χ2v) is 12.5. The molecule has 0 fully saturated rings. The van der Waals surface area contributed by atoms with Crippen LogP contribution in [0.25, 0.3) is 0 Å². The van der Waals surface area contributed by atoms with E-state index in [4.69, 9.17) is 32.4 Å². The van der Waals surface area contributed by atoms with Gasteiger partial charge >= 0.3 is 0 Å². The van der Waals surface area contributed by atoms with Crippen LogP contribution in [0.5, 0.6) is 0 Å². The van der Waals surface area contributed by atoms with Crippen molar-refractivity contribution in [1.82, 2.24) is 0 Å². The molecule has 0 heterocycles. The van der Waals surface area contributed by atoms with Crippen LogP contribution in [-0.2, 0) is 9.16 Å². The van der Waals surface area contributed by atoms with Gasteiger partial charge in [-0.15, -0.1) is 0 Å². The van der Waals surface area contributed by atoms with E-state index in [2.05, 4.69) is 69.3 Å². The molecule has 0 N–H and O–H groups in total. The Morgan fingerprint density at radius 1 is 0.852 bits per heavy atom. The van der Waals surface area contributed by atoms with Gasteiger partial charge in [0, 0.05) is 0 Å². The molecule has 0 bridgehead atoms. The first kappa shape index (κ1) is 21.8. The van der Waals surface area contributed by atoms with Gasteiger partial charge in [0.25, 0.3) is 8.32 Å². The molecular formula is C22H26Cl2O2Si. The fourth-order valence-corrected chi connectivity index (χ4v) is 7.87. The van der Waals surface area contributed by atoms with Gasteiger partial charge in [0.2, 0.25) is 0 Å². The fraction of sp³-hybridized carbons (Fsp3) is 0.273. The summed E-state index contributed by atoms with van der Waals surface area (Å²) in [6.07, 6.45) is 5.21. The van der Waals surface area contributed by atoms with Gasteiger partial charge in [0.1, 0.15) is 17.4 Å². The molecule has 0 radical (unpaired) electrons. The number of ether oxygens (including phenoxy) is 1. The summed E-state index contributed by atoms with van der Waals surface area (Å²) >= 11 is 11.0. The van der Waals surface area contributed by atoms with Gasteiger partial charge < -0.3 is 9.16 Å². The van der Waals surface area contributed by atoms with E-state index in [0.29, 0.717) is 13.2 Å². The second kappa shape index (κ2) is 10.1. The van der Waals surface area contributed by atoms with E-state index in [1.807, 2.05) is 24.3 Å². The molecule has 27 heavy (non-hydrogen) atoms. The van der Waals surface area contributed by atoms with Crippen molar-refractivity contribution in [3.05, 3.63) is 83.6 Å². The van der Waals surface area contributed by atoms with Crippen LogP contribution in [0.2, 0.25) is 5.04 Å². The molecule has 0 aliphatic rings. The molecule has 0 amide bonds. The molecule has 0 aliphatic heterocycles. The predicted octanol–water partition coefficient (Wildman–Crippen LogP) is 5.41. The molecule has 0 aromatic heterocycles. The zero-order valence-corrected chi connectivity index (χ0v) is 18.5. The number of hydrogen-bond donors (Lipinski definition) is 0. The minimum atomic E-state index is -2.48. The molecule has 0 spiro atoms. The summed E-state index contributed by atoms with van der Waals surface area (Å²) in [4.78, 5) is 0. The number of halogens is 2. The van der Waals surface area contributed by atoms with Gasteiger partial charge in [0.15, 0.2) is 0 Å². The summed E-state index contributed by atoms with van der Waals surface area (Å²) in [5.41, 5.74) is 0. The minimum absolute atomic E-state index is 0.0328. The van der Waals surface area contributed by atoms with Crippen molar-refractivity contribution in [2.45, 2.75) is 25.8 Å². The monoisotopic (exact) mass is 420 g/mol. The average Bonchev–Trinajstić information content (AvgIpc) is 2.64. The number of benzene rings is 2. The normalized spacial score (nSPS) is 12.2. The van der Waals surface area contributed by atoms with E-state index in [-0.39, 0.29) is 9.53 Å². The molecule has 2 nitrogen and oxygen atoms in total. The van der Waals surface area contributed by atoms with Crippen LogP contribution < -0.4 is 10.4 Å². The third-order valence-electron chi connectivity index (χ3n) is 4.34. The van der Waals surface area contributed by atoms with Crippen molar-refractivity contribution in [2.24, 2.45) is 0 Å². The molecule has 2 aromatic rings. The summed E-state index contributed by atoms with van der Waals surface area (Å²) in [6, 6.07) is 21.2. The molecule has 2 rings (SSSR count). The molecule has 144 valence electrons. The van der Waals surface area contributed by atoms with Crippen LogP contribution in [0.1, 0.15) is 20.8 Å². The Labute approximate surface area is 173 Å². The Bertz CT molecular complexity index is 709. The number of rotatable bonds is 8. The molecule has 0 aliphatic carbocycles. The van der Waals surface area contributed by atoms with Crippen molar-refractivity contribution in [2.75, 3.05) is 13.2 Å². The van der Waals surface area contributed by atoms with Crippen molar-refractivity contribution in [3.8, 4) is 0 Å². The zero-order chi connectivity index (χ0) is 19.8. The van der Waals surface area contributed by atoms with Crippen molar-refractivity contribution in [3.63, 3.8) is 0 Å². The average molecular weight is 421 g/mol. The lowest BCUT2D eigenvalue weighted by atomic mass is 10.2. The van der Waals surface area contributed by atoms with Gasteiger partial charge in [-0.05, 0) is 21.5 Å². The van der Waals surface area contributed by atoms with Crippen LogP contribution in [0.15, 0.2) is 83.6 Å². The maximum atomic E-state index is 6.72. The highest BCUT2D eigenvalue weighted by molar-refractivity contribution is 6.99. The SMILES string of the molecule is CC(C)(C)[Si](OC/C=C\COC=C(Cl)Cl)(c1ccccc1)c1ccccc1. The van der Waals surface area contributed by atoms with Gasteiger partial charge in [-0.2, -0.15) is 0 Å². The van der Waals surface area contributed by atoms with E-state index in [1.54, 1.807) is 0 Å². The minimum Gasteiger partial charge on any atom is -0.495 e. The first-order chi connectivity index (χ1) is 12.9. The lowest BCUT2D eigenvalue weighted by molar-refractivity contribution is 0.287. The Morgan fingerprint density at radius 3 is 1.78 bits per heavy atom. The molecule has 0 atom stereocenters. The maximum Gasteiger partial charge on any atom is 0.261 e. The van der Waals surface area contributed by atoms with E-state index < -0.39 is 8.32 Å². The molecule has 0 saturated carbocycles. The van der Waals surface area contributed by atoms with Gasteiger partial charge in [-0.3, -0.25) is 0 Å². The van der Waals surface area contributed by atoms with Gasteiger partial charge in [-0.25, -0.2) is 0 Å². The standard InChI is InChI=1S/C22H26Cl2O2Si/c1-22(2,3)27(19-12-6-4-7-13-19,20-14-8-5-9-15-20)26-17-11-10-16-25-18-21(23)24/h4-15,18H,16-17H2,1-3H3/b11-10-. The van der Waals surface area contributed by atoms with Crippen molar-refractivity contribution < 1.29 is 9.16 Å². The fourth-order valence-electron chi connectivity index (χ4n) is 3.24. The second-order valence-electron chi connectivity index (χ2n) is 7.19. The maximum absolute atomic E-state index is 6.72. The Balaban J connectivity index is 2.30. The van der Waals surface area contributed by atoms with Crippen LogP contribution in [0, 0.1) is 0 Å². The highest BCUT2D eigenvalue weighted by Gasteiger charge is 2.49. The summed E-state index contributed by atoms with van der Waals surface area (Å²) in [7, 11) is -2.48. The first-order valence-electron chi connectivity index (χ1n) is 8.91. The summed E-state index contributed by atoms with van der Waals surface area (Å²) in [6.45, 7) is 7.69. The van der Waals surface area contributed by atoms with Crippen LogP contribution in [0.4, 0.5) is 0 Å². The van der Waals surface area contributed by atoms with E-state index in [0.717, 1.165) is 0 Å². The van der Waals surface area contributed by atoms with Crippen LogP contribution in [0.3, 0.4) is 0 Å². The van der Waals surface area contributed by atoms with E-state index >= 15 is 0 Å². The molecule has 5 heteroatoms. The lowest BCUT2D eigenvalue weighted by Gasteiger charge is -2.42. The third-order valence-corrected chi connectivity index (χ3v) is 9.53.